The molecule has 126 valence electrons. The van der Waals surface area contributed by atoms with Crippen LogP contribution in [0.3, 0.4) is 0 Å². The van der Waals surface area contributed by atoms with Gasteiger partial charge in [-0.15, -0.1) is 0 Å². The number of ether oxygens (including phenoxy) is 1. The lowest BCUT2D eigenvalue weighted by atomic mass is 9.90. The number of aryl methyl sites for hydroxylation is 1. The van der Waals surface area contributed by atoms with Crippen molar-refractivity contribution in [3.05, 3.63) is 27.9 Å². The van der Waals surface area contributed by atoms with Crippen molar-refractivity contribution in [2.45, 2.75) is 37.8 Å². The highest BCUT2D eigenvalue weighted by atomic mass is 32.2. The molecule has 0 bridgehead atoms. The molecule has 0 radical (unpaired) electrons. The lowest BCUT2D eigenvalue weighted by molar-refractivity contribution is -0.385. The standard InChI is InChI=1S/C14H19N3O5S/c1-10-12(17(18)19)2-3-13(15-10)16-11-4-6-22-14(8-11)5-7-23(20,21)9-14/h2-3,11H,4-9H2,1H3,(H,15,16)/t11-,14+/m1/s1. The smallest absolute Gasteiger partial charge is 0.290 e. The Hall–Kier alpha value is -1.74. The van der Waals surface area contributed by atoms with Crippen molar-refractivity contribution in [1.82, 2.24) is 4.98 Å². The molecule has 23 heavy (non-hydrogen) atoms. The van der Waals surface area contributed by atoms with Gasteiger partial charge in [-0.3, -0.25) is 10.1 Å². The average Bonchev–Trinajstić information content (AvgIpc) is 2.73. The van der Waals surface area contributed by atoms with E-state index in [2.05, 4.69) is 10.3 Å². The van der Waals surface area contributed by atoms with Gasteiger partial charge < -0.3 is 10.1 Å². The van der Waals surface area contributed by atoms with Gasteiger partial charge in [-0.05, 0) is 32.3 Å². The third-order valence-electron chi connectivity index (χ3n) is 4.45. The Bertz CT molecular complexity index is 736. The van der Waals surface area contributed by atoms with Crippen molar-refractivity contribution in [2.24, 2.45) is 0 Å². The Morgan fingerprint density at radius 1 is 1.48 bits per heavy atom. The molecule has 1 aromatic rings. The van der Waals surface area contributed by atoms with Crippen molar-refractivity contribution in [3.63, 3.8) is 0 Å². The van der Waals surface area contributed by atoms with Crippen LogP contribution in [-0.4, -0.2) is 48.1 Å². The fraction of sp³-hybridized carbons (Fsp3) is 0.643. The van der Waals surface area contributed by atoms with Crippen LogP contribution in [0, 0.1) is 17.0 Å². The summed E-state index contributed by atoms with van der Waals surface area (Å²) < 4.78 is 29.3. The SMILES string of the molecule is Cc1nc(N[C@@H]2CCO[C@@]3(CCS(=O)(=O)C3)C2)ccc1[N+](=O)[O-]. The summed E-state index contributed by atoms with van der Waals surface area (Å²) in [5, 5.41) is 14.1. The second-order valence-electron chi connectivity index (χ2n) is 6.27. The fourth-order valence-corrected chi connectivity index (χ4v) is 5.32. The molecule has 0 unspecified atom stereocenters. The number of nitrogens with one attached hydrogen (secondary N) is 1. The van der Waals surface area contributed by atoms with Crippen molar-refractivity contribution in [1.29, 1.82) is 0 Å². The van der Waals surface area contributed by atoms with E-state index in [1.54, 1.807) is 13.0 Å². The van der Waals surface area contributed by atoms with Crippen molar-refractivity contribution in [2.75, 3.05) is 23.4 Å². The number of hydrogen-bond donors (Lipinski definition) is 1. The summed E-state index contributed by atoms with van der Waals surface area (Å²) in [6.45, 7) is 2.09. The number of anilines is 1. The maximum absolute atomic E-state index is 11.7. The third-order valence-corrected chi connectivity index (χ3v) is 6.24. The minimum absolute atomic E-state index is 0.0131. The normalized spacial score (nSPS) is 29.5. The van der Waals surface area contributed by atoms with E-state index in [0.29, 0.717) is 31.0 Å². The van der Waals surface area contributed by atoms with Gasteiger partial charge in [-0.25, -0.2) is 13.4 Å². The van der Waals surface area contributed by atoms with E-state index in [1.807, 2.05) is 0 Å². The first-order chi connectivity index (χ1) is 10.8. The van der Waals surface area contributed by atoms with E-state index < -0.39 is 20.4 Å². The maximum atomic E-state index is 11.7. The van der Waals surface area contributed by atoms with Gasteiger partial charge in [0.2, 0.25) is 0 Å². The van der Waals surface area contributed by atoms with Gasteiger partial charge in [0.1, 0.15) is 11.5 Å². The van der Waals surface area contributed by atoms with Crippen LogP contribution in [0.15, 0.2) is 12.1 Å². The van der Waals surface area contributed by atoms with Crippen LogP contribution in [0.25, 0.3) is 0 Å². The summed E-state index contributed by atoms with van der Waals surface area (Å²) in [6, 6.07) is 3.06. The predicted octanol–water partition coefficient (Wildman–Crippen LogP) is 1.45. The summed E-state index contributed by atoms with van der Waals surface area (Å²) in [5.74, 6) is 0.815. The number of nitrogens with zero attached hydrogens (tertiary/aromatic N) is 2. The first kappa shape index (κ1) is 16.1. The van der Waals surface area contributed by atoms with Crippen LogP contribution >= 0.6 is 0 Å². The van der Waals surface area contributed by atoms with Crippen LogP contribution in [0.2, 0.25) is 0 Å². The molecule has 0 amide bonds. The lowest BCUT2D eigenvalue weighted by Gasteiger charge is -2.37. The van der Waals surface area contributed by atoms with E-state index in [9.17, 15) is 18.5 Å². The molecule has 2 atom stereocenters. The van der Waals surface area contributed by atoms with Crippen LogP contribution in [0.5, 0.6) is 0 Å². The van der Waals surface area contributed by atoms with E-state index in [4.69, 9.17) is 4.74 Å². The van der Waals surface area contributed by atoms with E-state index in [-0.39, 0.29) is 23.2 Å². The number of sulfone groups is 1. The molecule has 1 N–H and O–H groups in total. The number of hydrogen-bond acceptors (Lipinski definition) is 7. The van der Waals surface area contributed by atoms with Gasteiger partial charge in [0, 0.05) is 18.7 Å². The van der Waals surface area contributed by atoms with Crippen LogP contribution in [-0.2, 0) is 14.6 Å². The Kier molecular flexibility index (Phi) is 4.01. The summed E-state index contributed by atoms with van der Waals surface area (Å²) in [6.07, 6.45) is 1.88. The zero-order chi connectivity index (χ0) is 16.7. The molecule has 1 aromatic heterocycles. The van der Waals surface area contributed by atoms with E-state index >= 15 is 0 Å². The number of nitro groups is 1. The summed E-state index contributed by atoms with van der Waals surface area (Å²) in [4.78, 5) is 14.6. The van der Waals surface area contributed by atoms with Crippen LogP contribution < -0.4 is 5.32 Å². The molecule has 0 saturated carbocycles. The Morgan fingerprint density at radius 3 is 2.87 bits per heavy atom. The third kappa shape index (κ3) is 3.45. The number of rotatable bonds is 3. The highest BCUT2D eigenvalue weighted by Gasteiger charge is 2.46. The van der Waals surface area contributed by atoms with Crippen LogP contribution in [0.4, 0.5) is 11.5 Å². The molecule has 2 aliphatic rings. The highest BCUT2D eigenvalue weighted by molar-refractivity contribution is 7.91. The molecule has 1 spiro atoms. The average molecular weight is 341 g/mol. The van der Waals surface area contributed by atoms with E-state index in [1.165, 1.54) is 6.07 Å². The molecule has 3 rings (SSSR count). The minimum Gasteiger partial charge on any atom is -0.374 e. The largest absolute Gasteiger partial charge is 0.374 e. The maximum Gasteiger partial charge on any atom is 0.290 e. The van der Waals surface area contributed by atoms with Gasteiger partial charge in [-0.1, -0.05) is 0 Å². The Morgan fingerprint density at radius 2 is 2.26 bits per heavy atom. The Labute approximate surface area is 134 Å². The zero-order valence-corrected chi connectivity index (χ0v) is 13.6. The first-order valence-electron chi connectivity index (χ1n) is 7.52. The van der Waals surface area contributed by atoms with Crippen molar-refractivity contribution >= 4 is 21.3 Å². The van der Waals surface area contributed by atoms with Gasteiger partial charge in [-0.2, -0.15) is 0 Å². The zero-order valence-electron chi connectivity index (χ0n) is 12.8. The van der Waals surface area contributed by atoms with Crippen molar-refractivity contribution in [3.8, 4) is 0 Å². The first-order valence-corrected chi connectivity index (χ1v) is 9.34. The van der Waals surface area contributed by atoms with Gasteiger partial charge in [0.25, 0.3) is 5.69 Å². The molecular weight excluding hydrogens is 322 g/mol. The summed E-state index contributed by atoms with van der Waals surface area (Å²) in [5.41, 5.74) is -0.254. The van der Waals surface area contributed by atoms with Crippen molar-refractivity contribution < 1.29 is 18.1 Å². The molecule has 8 nitrogen and oxygen atoms in total. The highest BCUT2D eigenvalue weighted by Crippen LogP contribution is 2.36. The number of pyridine rings is 1. The quantitative estimate of drug-likeness (QED) is 0.654. The van der Waals surface area contributed by atoms with Gasteiger partial charge in [0.15, 0.2) is 9.84 Å². The predicted molar refractivity (Wildman–Crippen MR) is 84.2 cm³/mol. The topological polar surface area (TPSA) is 111 Å². The summed E-state index contributed by atoms with van der Waals surface area (Å²) in [7, 11) is -3.02. The second-order valence-corrected chi connectivity index (χ2v) is 8.45. The second kappa shape index (κ2) is 5.72. The van der Waals surface area contributed by atoms with Crippen LogP contribution in [0.1, 0.15) is 25.0 Å². The van der Waals surface area contributed by atoms with E-state index in [0.717, 1.165) is 6.42 Å². The monoisotopic (exact) mass is 341 g/mol. The van der Waals surface area contributed by atoms with Gasteiger partial charge in [0.05, 0.1) is 22.0 Å². The molecule has 2 fully saturated rings. The molecule has 0 aliphatic carbocycles. The minimum atomic E-state index is -3.02. The lowest BCUT2D eigenvalue weighted by Crippen LogP contribution is -2.45. The number of aromatic nitrogens is 1. The summed E-state index contributed by atoms with van der Waals surface area (Å²) >= 11 is 0. The molecule has 9 heteroatoms. The van der Waals surface area contributed by atoms with Gasteiger partial charge >= 0.3 is 0 Å². The fourth-order valence-electron chi connectivity index (χ4n) is 3.35. The molecule has 3 heterocycles. The Balaban J connectivity index is 1.71. The molecule has 2 saturated heterocycles. The molecule has 2 aliphatic heterocycles. The molecular formula is C14H19N3O5S. The molecule has 0 aromatic carbocycles.